The van der Waals surface area contributed by atoms with Gasteiger partial charge in [0.25, 0.3) is 0 Å². The van der Waals surface area contributed by atoms with Gasteiger partial charge >= 0.3 is 6.18 Å². The van der Waals surface area contributed by atoms with Gasteiger partial charge in [0, 0.05) is 34.9 Å². The Hall–Kier alpha value is -2.57. The molecule has 0 unspecified atom stereocenters. The number of rotatable bonds is 3. The van der Waals surface area contributed by atoms with Crippen LogP contribution < -0.4 is 5.32 Å². The smallest absolute Gasteiger partial charge is 0.360 e. The third-order valence-corrected chi connectivity index (χ3v) is 4.88. The first-order valence-corrected chi connectivity index (χ1v) is 8.79. The summed E-state index contributed by atoms with van der Waals surface area (Å²) in [5, 5.41) is 3.92. The van der Waals surface area contributed by atoms with Crippen molar-refractivity contribution >= 4 is 16.9 Å². The zero-order chi connectivity index (χ0) is 18.1. The lowest BCUT2D eigenvalue weighted by atomic mass is 9.96. The molecule has 0 spiro atoms. The Balaban J connectivity index is 1.78. The lowest BCUT2D eigenvalue weighted by molar-refractivity contribution is -0.137. The minimum Gasteiger partial charge on any atom is -0.360 e. The van der Waals surface area contributed by atoms with E-state index in [2.05, 4.69) is 20.3 Å². The first kappa shape index (κ1) is 16.9. The van der Waals surface area contributed by atoms with Crippen LogP contribution in [0.25, 0.3) is 22.2 Å². The van der Waals surface area contributed by atoms with Crippen LogP contribution in [0.4, 0.5) is 19.1 Å². The molecule has 4 rings (SSSR count). The number of H-pyrrole nitrogens is 1. The maximum atomic E-state index is 13.5. The minimum atomic E-state index is -4.52. The summed E-state index contributed by atoms with van der Waals surface area (Å²) in [4.78, 5) is 11.2. The van der Waals surface area contributed by atoms with Crippen molar-refractivity contribution in [1.82, 2.24) is 15.0 Å². The highest BCUT2D eigenvalue weighted by Crippen LogP contribution is 2.38. The zero-order valence-electron chi connectivity index (χ0n) is 14.1. The number of fused-ring (bicyclic) bond motifs is 1. The van der Waals surface area contributed by atoms with Gasteiger partial charge in [-0.2, -0.15) is 13.2 Å². The molecular formula is C19H19F3N4. The van der Waals surface area contributed by atoms with Crippen LogP contribution in [-0.4, -0.2) is 21.0 Å². The van der Waals surface area contributed by atoms with Crippen LogP contribution >= 0.6 is 0 Å². The molecule has 0 saturated heterocycles. The maximum Gasteiger partial charge on any atom is 0.419 e. The summed E-state index contributed by atoms with van der Waals surface area (Å²) in [6.45, 7) is 0. The Morgan fingerprint density at radius 3 is 2.62 bits per heavy atom. The van der Waals surface area contributed by atoms with Gasteiger partial charge in [-0.3, -0.25) is 0 Å². The van der Waals surface area contributed by atoms with E-state index in [0.29, 0.717) is 10.9 Å². The SMILES string of the molecule is FC(F)(F)c1cnc(NC2CCCCC2)nc1-c1c[nH]c2ccccc12. The zero-order valence-corrected chi connectivity index (χ0v) is 14.1. The Labute approximate surface area is 148 Å². The Bertz CT molecular complexity index is 911. The van der Waals surface area contributed by atoms with Gasteiger partial charge in [-0.1, -0.05) is 37.5 Å². The molecule has 0 radical (unpaired) electrons. The molecule has 2 heterocycles. The Morgan fingerprint density at radius 2 is 1.85 bits per heavy atom. The van der Waals surface area contributed by atoms with Crippen LogP contribution in [0.2, 0.25) is 0 Å². The Kier molecular flexibility index (Phi) is 4.30. The molecule has 0 atom stereocenters. The van der Waals surface area contributed by atoms with Crippen LogP contribution in [0.5, 0.6) is 0 Å². The van der Waals surface area contributed by atoms with E-state index >= 15 is 0 Å². The number of nitrogens with zero attached hydrogens (tertiary/aromatic N) is 2. The molecule has 2 aromatic heterocycles. The second-order valence-corrected chi connectivity index (χ2v) is 6.68. The fourth-order valence-corrected chi connectivity index (χ4v) is 3.56. The van der Waals surface area contributed by atoms with Crippen molar-refractivity contribution in [1.29, 1.82) is 0 Å². The van der Waals surface area contributed by atoms with E-state index in [1.165, 1.54) is 6.42 Å². The number of anilines is 1. The topological polar surface area (TPSA) is 53.6 Å². The second kappa shape index (κ2) is 6.63. The first-order valence-electron chi connectivity index (χ1n) is 8.79. The van der Waals surface area contributed by atoms with Crippen molar-refractivity contribution < 1.29 is 13.2 Å². The lowest BCUT2D eigenvalue weighted by Gasteiger charge is -2.23. The monoisotopic (exact) mass is 360 g/mol. The van der Waals surface area contributed by atoms with Gasteiger partial charge in [0.1, 0.15) is 5.56 Å². The summed E-state index contributed by atoms with van der Waals surface area (Å²) in [5.74, 6) is 0.255. The van der Waals surface area contributed by atoms with E-state index in [1.54, 1.807) is 18.3 Å². The van der Waals surface area contributed by atoms with E-state index in [-0.39, 0.29) is 17.7 Å². The van der Waals surface area contributed by atoms with E-state index in [1.807, 2.05) is 12.1 Å². The highest BCUT2D eigenvalue weighted by Gasteiger charge is 2.36. The first-order chi connectivity index (χ1) is 12.5. The van der Waals surface area contributed by atoms with Gasteiger partial charge in [0.15, 0.2) is 0 Å². The molecule has 1 aliphatic rings. The molecule has 136 valence electrons. The van der Waals surface area contributed by atoms with Gasteiger partial charge in [0.05, 0.1) is 5.69 Å². The van der Waals surface area contributed by atoms with Crippen molar-refractivity contribution in [3.8, 4) is 11.3 Å². The highest BCUT2D eigenvalue weighted by molar-refractivity contribution is 5.95. The number of aromatic nitrogens is 3. The Morgan fingerprint density at radius 1 is 1.08 bits per heavy atom. The second-order valence-electron chi connectivity index (χ2n) is 6.68. The predicted molar refractivity (Wildman–Crippen MR) is 94.8 cm³/mol. The van der Waals surface area contributed by atoms with E-state index in [9.17, 15) is 13.2 Å². The molecule has 0 amide bonds. The van der Waals surface area contributed by atoms with Crippen LogP contribution in [-0.2, 0) is 6.18 Å². The number of alkyl halides is 3. The summed E-state index contributed by atoms with van der Waals surface area (Å²) in [6.07, 6.45) is 3.37. The molecule has 3 aromatic rings. The lowest BCUT2D eigenvalue weighted by Crippen LogP contribution is -2.24. The van der Waals surface area contributed by atoms with Crippen molar-refractivity contribution in [3.63, 3.8) is 0 Å². The van der Waals surface area contributed by atoms with Crippen molar-refractivity contribution in [2.75, 3.05) is 5.32 Å². The number of aromatic amines is 1. The van der Waals surface area contributed by atoms with Crippen molar-refractivity contribution in [2.45, 2.75) is 44.3 Å². The number of nitrogens with one attached hydrogen (secondary N) is 2. The molecule has 26 heavy (non-hydrogen) atoms. The van der Waals surface area contributed by atoms with Crippen LogP contribution in [0, 0.1) is 0 Å². The fourth-order valence-electron chi connectivity index (χ4n) is 3.56. The number of hydrogen-bond donors (Lipinski definition) is 2. The molecular weight excluding hydrogens is 341 g/mol. The van der Waals surface area contributed by atoms with E-state index in [4.69, 9.17) is 0 Å². The van der Waals surface area contributed by atoms with Crippen LogP contribution in [0.3, 0.4) is 0 Å². The number of hydrogen-bond acceptors (Lipinski definition) is 3. The van der Waals surface area contributed by atoms with Gasteiger partial charge in [-0.25, -0.2) is 9.97 Å². The van der Waals surface area contributed by atoms with Gasteiger partial charge in [0.2, 0.25) is 5.95 Å². The third kappa shape index (κ3) is 3.25. The predicted octanol–water partition coefficient (Wildman–Crippen LogP) is 5.39. The summed E-state index contributed by atoms with van der Waals surface area (Å²) in [7, 11) is 0. The summed E-state index contributed by atoms with van der Waals surface area (Å²) < 4.78 is 40.6. The molecule has 0 bridgehead atoms. The minimum absolute atomic E-state index is 0.0942. The molecule has 0 aliphatic heterocycles. The molecule has 1 saturated carbocycles. The maximum absolute atomic E-state index is 13.5. The molecule has 1 aliphatic carbocycles. The fraction of sp³-hybridized carbons (Fsp3) is 0.368. The van der Waals surface area contributed by atoms with Crippen molar-refractivity contribution in [2.24, 2.45) is 0 Å². The molecule has 1 aromatic carbocycles. The standard InChI is InChI=1S/C19H19F3N4/c20-19(21,22)15-11-24-18(25-12-6-2-1-3-7-12)26-17(15)14-10-23-16-9-5-4-8-13(14)16/h4-5,8-12,23H,1-3,6-7H2,(H,24,25,26). The normalized spacial score (nSPS) is 16.1. The average Bonchev–Trinajstić information content (AvgIpc) is 3.05. The summed E-state index contributed by atoms with van der Waals surface area (Å²) in [6, 6.07) is 7.47. The largest absolute Gasteiger partial charge is 0.419 e. The van der Waals surface area contributed by atoms with E-state index in [0.717, 1.165) is 37.4 Å². The molecule has 1 fully saturated rings. The quantitative estimate of drug-likeness (QED) is 0.658. The molecule has 7 heteroatoms. The van der Waals surface area contributed by atoms with Gasteiger partial charge in [-0.05, 0) is 18.9 Å². The van der Waals surface area contributed by atoms with Gasteiger partial charge in [-0.15, -0.1) is 0 Å². The highest BCUT2D eigenvalue weighted by atomic mass is 19.4. The molecule has 2 N–H and O–H groups in total. The van der Waals surface area contributed by atoms with Crippen molar-refractivity contribution in [3.05, 3.63) is 42.2 Å². The van der Waals surface area contributed by atoms with Gasteiger partial charge < -0.3 is 10.3 Å². The summed E-state index contributed by atoms with van der Waals surface area (Å²) >= 11 is 0. The third-order valence-electron chi connectivity index (χ3n) is 4.88. The average molecular weight is 360 g/mol. The van der Waals surface area contributed by atoms with E-state index < -0.39 is 11.7 Å². The number of para-hydroxylation sites is 1. The number of benzene rings is 1. The van der Waals surface area contributed by atoms with Crippen LogP contribution in [0.15, 0.2) is 36.7 Å². The number of halogens is 3. The van der Waals surface area contributed by atoms with Crippen LogP contribution in [0.1, 0.15) is 37.7 Å². The summed E-state index contributed by atoms with van der Waals surface area (Å²) in [5.41, 5.74) is 0.290. The molecule has 4 nitrogen and oxygen atoms in total.